The highest BCUT2D eigenvalue weighted by Gasteiger charge is 2.06. The number of rotatable bonds is 6. The van der Waals surface area contributed by atoms with Crippen LogP contribution >= 0.6 is 23.2 Å². The van der Waals surface area contributed by atoms with Gasteiger partial charge in [0.2, 0.25) is 0 Å². The van der Waals surface area contributed by atoms with Crippen LogP contribution in [0.15, 0.2) is 23.3 Å². The van der Waals surface area contributed by atoms with Crippen LogP contribution in [0.4, 0.5) is 0 Å². The van der Waals surface area contributed by atoms with E-state index in [-0.39, 0.29) is 11.5 Å². The molecule has 0 aromatic carbocycles. The Bertz CT molecular complexity index is 314. The zero-order valence-electron chi connectivity index (χ0n) is 8.96. The van der Waals surface area contributed by atoms with Crippen LogP contribution in [0.2, 0.25) is 0 Å². The molecular weight excluding hydrogens is 255 g/mol. The van der Waals surface area contributed by atoms with Crippen LogP contribution in [0.25, 0.3) is 0 Å². The van der Waals surface area contributed by atoms with Crippen molar-refractivity contribution >= 4 is 33.0 Å². The Morgan fingerprint density at radius 2 is 1.33 bits per heavy atom. The monoisotopic (exact) mass is 270 g/mol. The van der Waals surface area contributed by atoms with Gasteiger partial charge in [0.05, 0.1) is 11.5 Å². The Hall–Kier alpha value is 0.01000. The number of halogens is 2. The van der Waals surface area contributed by atoms with Crippen molar-refractivity contribution in [3.8, 4) is 0 Å². The molecular formula is C10H16Cl2O2S. The van der Waals surface area contributed by atoms with Crippen LogP contribution in [0.3, 0.4) is 0 Å². The van der Waals surface area contributed by atoms with Gasteiger partial charge >= 0.3 is 0 Å². The van der Waals surface area contributed by atoms with E-state index in [1.54, 1.807) is 12.2 Å². The maximum atomic E-state index is 11.5. The summed E-state index contributed by atoms with van der Waals surface area (Å²) in [5.74, 6) is 0.813. The first kappa shape index (κ1) is 15.0. The van der Waals surface area contributed by atoms with E-state index in [4.69, 9.17) is 23.2 Å². The first-order valence-corrected chi connectivity index (χ1v) is 7.44. The maximum absolute atomic E-state index is 11.5. The summed E-state index contributed by atoms with van der Waals surface area (Å²) in [5.41, 5.74) is 1.75. The van der Waals surface area contributed by atoms with Gasteiger partial charge in [-0.15, -0.1) is 23.2 Å². The van der Waals surface area contributed by atoms with Crippen molar-refractivity contribution < 1.29 is 8.42 Å². The lowest BCUT2D eigenvalue weighted by molar-refractivity contribution is 0.601. The van der Waals surface area contributed by atoms with Crippen LogP contribution in [-0.2, 0) is 9.84 Å². The van der Waals surface area contributed by atoms with E-state index in [0.717, 1.165) is 11.1 Å². The summed E-state index contributed by atoms with van der Waals surface area (Å²) in [4.78, 5) is 0. The second kappa shape index (κ2) is 7.31. The second-order valence-electron chi connectivity index (χ2n) is 3.45. The molecule has 0 aromatic rings. The molecule has 0 rings (SSSR count). The van der Waals surface area contributed by atoms with E-state index in [0.29, 0.717) is 11.8 Å². The first-order chi connectivity index (χ1) is 6.91. The van der Waals surface area contributed by atoms with Gasteiger partial charge in [0.25, 0.3) is 0 Å². The van der Waals surface area contributed by atoms with Gasteiger partial charge in [-0.1, -0.05) is 23.3 Å². The number of alkyl halides is 2. The average molecular weight is 271 g/mol. The van der Waals surface area contributed by atoms with Crippen LogP contribution in [-0.4, -0.2) is 31.7 Å². The number of allylic oxidation sites excluding steroid dienone is 2. The molecule has 15 heavy (non-hydrogen) atoms. The minimum Gasteiger partial charge on any atom is -0.228 e. The standard InChI is InChI=1S/C10H16Cl2O2S/c1-9(7-11)3-5-15(13,14)6-4-10(2)8-12/h3-4H,5-8H2,1-2H3/b9-3-,10-4-. The van der Waals surface area contributed by atoms with Crippen molar-refractivity contribution in [2.45, 2.75) is 13.8 Å². The Balaban J connectivity index is 4.33. The summed E-state index contributed by atoms with van der Waals surface area (Å²) >= 11 is 11.1. The van der Waals surface area contributed by atoms with Gasteiger partial charge in [-0.25, -0.2) is 8.42 Å². The average Bonchev–Trinajstić information content (AvgIpc) is 2.22. The van der Waals surface area contributed by atoms with Crippen molar-refractivity contribution in [1.29, 1.82) is 0 Å². The summed E-state index contributed by atoms with van der Waals surface area (Å²) in [7, 11) is -3.06. The second-order valence-corrected chi connectivity index (χ2v) is 6.13. The van der Waals surface area contributed by atoms with Gasteiger partial charge in [-0.05, 0) is 13.8 Å². The van der Waals surface area contributed by atoms with Gasteiger partial charge in [0, 0.05) is 11.8 Å². The van der Waals surface area contributed by atoms with Crippen molar-refractivity contribution in [3.63, 3.8) is 0 Å². The molecule has 0 saturated heterocycles. The lowest BCUT2D eigenvalue weighted by Gasteiger charge is -1.99. The van der Waals surface area contributed by atoms with E-state index < -0.39 is 9.84 Å². The maximum Gasteiger partial charge on any atom is 0.157 e. The minimum atomic E-state index is -3.06. The Kier molecular flexibility index (Phi) is 7.32. The molecule has 0 heterocycles. The quantitative estimate of drug-likeness (QED) is 0.550. The van der Waals surface area contributed by atoms with E-state index in [1.165, 1.54) is 0 Å². The van der Waals surface area contributed by atoms with Crippen LogP contribution in [0.5, 0.6) is 0 Å². The largest absolute Gasteiger partial charge is 0.228 e. The van der Waals surface area contributed by atoms with E-state index in [1.807, 2.05) is 13.8 Å². The molecule has 0 aliphatic heterocycles. The molecule has 5 heteroatoms. The summed E-state index contributed by atoms with van der Waals surface area (Å²) in [5, 5.41) is 0. The molecule has 0 spiro atoms. The molecule has 2 nitrogen and oxygen atoms in total. The summed E-state index contributed by atoms with van der Waals surface area (Å²) in [6.45, 7) is 3.62. The molecule has 0 N–H and O–H groups in total. The SMILES string of the molecule is C/C(=C/CS(=O)(=O)C/C=C(/C)CCl)CCl. The van der Waals surface area contributed by atoms with Crippen LogP contribution in [0.1, 0.15) is 13.8 Å². The van der Waals surface area contributed by atoms with Crippen molar-refractivity contribution in [2.75, 3.05) is 23.3 Å². The van der Waals surface area contributed by atoms with E-state index in [9.17, 15) is 8.42 Å². The van der Waals surface area contributed by atoms with Gasteiger partial charge in [-0.2, -0.15) is 0 Å². The lowest BCUT2D eigenvalue weighted by atomic mass is 10.3. The van der Waals surface area contributed by atoms with Gasteiger partial charge in [-0.3, -0.25) is 0 Å². The predicted octanol–water partition coefficient (Wildman–Crippen LogP) is 2.77. The van der Waals surface area contributed by atoms with E-state index >= 15 is 0 Å². The third-order valence-electron chi connectivity index (χ3n) is 1.79. The Morgan fingerprint density at radius 3 is 1.60 bits per heavy atom. The smallest absolute Gasteiger partial charge is 0.157 e. The zero-order valence-corrected chi connectivity index (χ0v) is 11.3. The first-order valence-electron chi connectivity index (χ1n) is 4.55. The molecule has 0 unspecified atom stereocenters. The molecule has 0 aromatic heterocycles. The Morgan fingerprint density at radius 1 is 1.00 bits per heavy atom. The van der Waals surface area contributed by atoms with Gasteiger partial charge < -0.3 is 0 Å². The summed E-state index contributed by atoms with van der Waals surface area (Å²) < 4.78 is 23.0. The van der Waals surface area contributed by atoms with Gasteiger partial charge in [0.15, 0.2) is 9.84 Å². The molecule has 0 saturated carbocycles. The normalized spacial score (nSPS) is 14.4. The number of hydrogen-bond donors (Lipinski definition) is 0. The molecule has 0 radical (unpaired) electrons. The molecule has 88 valence electrons. The predicted molar refractivity (Wildman–Crippen MR) is 67.6 cm³/mol. The van der Waals surface area contributed by atoms with Crippen LogP contribution in [0, 0.1) is 0 Å². The van der Waals surface area contributed by atoms with E-state index in [2.05, 4.69) is 0 Å². The highest BCUT2D eigenvalue weighted by Crippen LogP contribution is 2.02. The third-order valence-corrected chi connectivity index (χ3v) is 3.99. The Labute approximate surface area is 102 Å². The minimum absolute atomic E-state index is 0.0393. The zero-order chi connectivity index (χ0) is 11.9. The summed E-state index contributed by atoms with van der Waals surface area (Å²) in [6.07, 6.45) is 3.29. The third kappa shape index (κ3) is 7.88. The highest BCUT2D eigenvalue weighted by molar-refractivity contribution is 7.91. The van der Waals surface area contributed by atoms with Crippen LogP contribution < -0.4 is 0 Å². The molecule has 0 atom stereocenters. The molecule has 0 bridgehead atoms. The number of sulfone groups is 1. The summed E-state index contributed by atoms with van der Waals surface area (Å²) in [6, 6.07) is 0. The van der Waals surface area contributed by atoms with Crippen molar-refractivity contribution in [1.82, 2.24) is 0 Å². The molecule has 0 amide bonds. The fraction of sp³-hybridized carbons (Fsp3) is 0.600. The van der Waals surface area contributed by atoms with Crippen molar-refractivity contribution in [2.24, 2.45) is 0 Å². The number of hydrogen-bond acceptors (Lipinski definition) is 2. The molecule has 0 aliphatic rings. The highest BCUT2D eigenvalue weighted by atomic mass is 35.5. The molecule has 0 aliphatic carbocycles. The fourth-order valence-corrected chi connectivity index (χ4v) is 2.15. The molecule has 0 fully saturated rings. The van der Waals surface area contributed by atoms with Crippen molar-refractivity contribution in [3.05, 3.63) is 23.3 Å². The fourth-order valence-electron chi connectivity index (χ4n) is 0.716. The lowest BCUT2D eigenvalue weighted by Crippen LogP contribution is -2.08. The topological polar surface area (TPSA) is 34.1 Å². The van der Waals surface area contributed by atoms with Gasteiger partial charge in [0.1, 0.15) is 0 Å².